The molecule has 2 nitrogen and oxygen atoms in total. The van der Waals surface area contributed by atoms with Crippen LogP contribution in [-0.4, -0.2) is 0 Å². The van der Waals surface area contributed by atoms with Crippen molar-refractivity contribution in [3.05, 3.63) is 146 Å². The highest BCUT2D eigenvalue weighted by molar-refractivity contribution is 6.26. The molecule has 0 atom stereocenters. The first-order valence-corrected chi connectivity index (χ1v) is 13.5. The van der Waals surface area contributed by atoms with E-state index in [0.29, 0.717) is 0 Å². The monoisotopic (exact) mass is 512 g/mol. The summed E-state index contributed by atoms with van der Waals surface area (Å²) >= 11 is 0. The zero-order valence-corrected chi connectivity index (χ0v) is 22.0. The Morgan fingerprint density at radius 1 is 0.350 bits per heavy atom. The molecule has 0 radical (unpaired) electrons. The Morgan fingerprint density at radius 3 is 1.32 bits per heavy atom. The molecule has 2 heteroatoms. The van der Waals surface area contributed by atoms with Gasteiger partial charge >= 0.3 is 0 Å². The summed E-state index contributed by atoms with van der Waals surface area (Å²) in [4.78, 5) is 0. The van der Waals surface area contributed by atoms with Crippen LogP contribution in [0.5, 0.6) is 0 Å². The average Bonchev–Trinajstić information content (AvgIpc) is 3.01. The summed E-state index contributed by atoms with van der Waals surface area (Å²) in [6.45, 7) is 0. The predicted molar refractivity (Wildman–Crippen MR) is 172 cm³/mol. The number of hydrogen-bond donors (Lipinski definition) is 2. The average molecular weight is 513 g/mol. The summed E-state index contributed by atoms with van der Waals surface area (Å²) < 4.78 is 0. The van der Waals surface area contributed by atoms with Crippen molar-refractivity contribution in [1.29, 1.82) is 0 Å². The molecular formula is C38H28N2. The van der Waals surface area contributed by atoms with Crippen molar-refractivity contribution < 1.29 is 0 Å². The quantitative estimate of drug-likeness (QED) is 0.182. The van der Waals surface area contributed by atoms with Crippen LogP contribution < -0.4 is 11.5 Å². The molecule has 0 spiro atoms. The molecule has 40 heavy (non-hydrogen) atoms. The van der Waals surface area contributed by atoms with Crippen LogP contribution in [0.1, 0.15) is 0 Å². The van der Waals surface area contributed by atoms with Crippen LogP contribution in [0.15, 0.2) is 146 Å². The van der Waals surface area contributed by atoms with Crippen LogP contribution >= 0.6 is 0 Å². The van der Waals surface area contributed by atoms with Crippen LogP contribution in [0.25, 0.3) is 66.1 Å². The number of nitrogens with two attached hydrogens (primary N) is 2. The Balaban J connectivity index is 1.82. The zero-order valence-electron chi connectivity index (χ0n) is 22.0. The third kappa shape index (κ3) is 3.90. The molecule has 0 aliphatic heterocycles. The topological polar surface area (TPSA) is 52.0 Å². The minimum atomic E-state index is 0.743. The maximum atomic E-state index is 7.29. The molecule has 0 heterocycles. The van der Waals surface area contributed by atoms with Gasteiger partial charge in [0, 0.05) is 28.1 Å². The third-order valence-electron chi connectivity index (χ3n) is 7.72. The molecular weight excluding hydrogens is 484 g/mol. The summed E-state index contributed by atoms with van der Waals surface area (Å²) in [5.41, 5.74) is 24.0. The summed E-state index contributed by atoms with van der Waals surface area (Å²) in [6, 6.07) is 50.8. The zero-order chi connectivity index (χ0) is 27.1. The normalized spacial score (nSPS) is 11.2. The lowest BCUT2D eigenvalue weighted by Crippen LogP contribution is -2.01. The molecule has 0 aliphatic carbocycles. The standard InChI is InChI=1S/C38H28N2/c39-30-22-21-29-23-32-34(26-15-7-2-8-16-26)38(40)36(28-19-11-4-12-20-28)35(27-17-9-3-10-18-27)37(32)33(31(29)24-30)25-13-5-1-6-14-25/h1-24H,39-40H2. The molecule has 0 saturated carbocycles. The maximum Gasteiger partial charge on any atom is 0.0486 e. The highest BCUT2D eigenvalue weighted by Gasteiger charge is 2.25. The smallest absolute Gasteiger partial charge is 0.0486 e. The van der Waals surface area contributed by atoms with Gasteiger partial charge in [0.25, 0.3) is 0 Å². The Kier molecular flexibility index (Phi) is 5.79. The van der Waals surface area contributed by atoms with Crippen LogP contribution in [0.4, 0.5) is 11.4 Å². The van der Waals surface area contributed by atoms with Gasteiger partial charge in [-0.2, -0.15) is 0 Å². The molecule has 190 valence electrons. The Hall–Kier alpha value is -5.34. The first-order chi connectivity index (χ1) is 19.7. The fourth-order valence-electron chi connectivity index (χ4n) is 6.02. The van der Waals surface area contributed by atoms with Gasteiger partial charge in [-0.05, 0) is 67.6 Å². The van der Waals surface area contributed by atoms with Crippen LogP contribution in [-0.2, 0) is 0 Å². The van der Waals surface area contributed by atoms with Crippen molar-refractivity contribution >= 4 is 32.9 Å². The third-order valence-corrected chi connectivity index (χ3v) is 7.72. The molecule has 7 aromatic carbocycles. The van der Waals surface area contributed by atoms with Gasteiger partial charge in [0.15, 0.2) is 0 Å². The van der Waals surface area contributed by atoms with Gasteiger partial charge in [0.1, 0.15) is 0 Å². The van der Waals surface area contributed by atoms with Crippen molar-refractivity contribution in [2.24, 2.45) is 0 Å². The predicted octanol–water partition coefficient (Wildman–Crippen LogP) is 9.83. The minimum Gasteiger partial charge on any atom is -0.399 e. The van der Waals surface area contributed by atoms with Gasteiger partial charge in [-0.25, -0.2) is 0 Å². The molecule has 7 rings (SSSR count). The summed E-state index contributed by atoms with van der Waals surface area (Å²) in [5, 5.41) is 4.54. The first kappa shape index (κ1) is 23.8. The van der Waals surface area contributed by atoms with Crippen molar-refractivity contribution in [3.63, 3.8) is 0 Å². The van der Waals surface area contributed by atoms with E-state index in [4.69, 9.17) is 11.5 Å². The largest absolute Gasteiger partial charge is 0.399 e. The van der Waals surface area contributed by atoms with E-state index >= 15 is 0 Å². The van der Waals surface area contributed by atoms with E-state index in [-0.39, 0.29) is 0 Å². The van der Waals surface area contributed by atoms with Gasteiger partial charge in [0.05, 0.1) is 0 Å². The van der Waals surface area contributed by atoms with Crippen LogP contribution in [0, 0.1) is 0 Å². The molecule has 0 fully saturated rings. The van der Waals surface area contributed by atoms with E-state index in [1.807, 2.05) is 18.2 Å². The van der Waals surface area contributed by atoms with E-state index in [1.165, 1.54) is 5.39 Å². The molecule has 0 saturated heterocycles. The summed E-state index contributed by atoms with van der Waals surface area (Å²) in [7, 11) is 0. The number of fused-ring (bicyclic) bond motifs is 2. The number of rotatable bonds is 4. The SMILES string of the molecule is Nc1ccc2cc3c(-c4ccccc4)c(N)c(-c4ccccc4)c(-c4ccccc4)c3c(-c3ccccc3)c2c1. The van der Waals surface area contributed by atoms with Crippen LogP contribution in [0.2, 0.25) is 0 Å². The van der Waals surface area contributed by atoms with Crippen LogP contribution in [0.3, 0.4) is 0 Å². The highest BCUT2D eigenvalue weighted by Crippen LogP contribution is 2.52. The molecule has 0 unspecified atom stereocenters. The fraction of sp³-hybridized carbons (Fsp3) is 0. The van der Waals surface area contributed by atoms with Gasteiger partial charge < -0.3 is 11.5 Å². The van der Waals surface area contributed by atoms with E-state index in [0.717, 1.165) is 72.0 Å². The fourth-order valence-corrected chi connectivity index (χ4v) is 6.02. The second-order valence-corrected chi connectivity index (χ2v) is 10.2. The number of benzene rings is 7. The summed E-state index contributed by atoms with van der Waals surface area (Å²) in [5.74, 6) is 0. The highest BCUT2D eigenvalue weighted by atomic mass is 14.6. The van der Waals surface area contributed by atoms with Crippen molar-refractivity contribution in [3.8, 4) is 44.5 Å². The second kappa shape index (κ2) is 9.76. The van der Waals surface area contributed by atoms with Gasteiger partial charge in [-0.3, -0.25) is 0 Å². The van der Waals surface area contributed by atoms with Gasteiger partial charge in [-0.15, -0.1) is 0 Å². The molecule has 0 aliphatic rings. The van der Waals surface area contributed by atoms with E-state index in [1.54, 1.807) is 0 Å². The molecule has 4 N–H and O–H groups in total. The lowest BCUT2D eigenvalue weighted by atomic mass is 9.79. The van der Waals surface area contributed by atoms with E-state index in [2.05, 4.69) is 127 Å². The lowest BCUT2D eigenvalue weighted by molar-refractivity contribution is 1.58. The molecule has 0 aromatic heterocycles. The number of nitrogen functional groups attached to an aromatic ring is 2. The Bertz CT molecular complexity index is 1980. The van der Waals surface area contributed by atoms with Gasteiger partial charge in [0.2, 0.25) is 0 Å². The molecule has 0 bridgehead atoms. The van der Waals surface area contributed by atoms with E-state index < -0.39 is 0 Å². The lowest BCUT2D eigenvalue weighted by Gasteiger charge is -2.25. The maximum absolute atomic E-state index is 7.29. The van der Waals surface area contributed by atoms with Gasteiger partial charge in [-0.1, -0.05) is 127 Å². The molecule has 0 amide bonds. The van der Waals surface area contributed by atoms with E-state index in [9.17, 15) is 0 Å². The first-order valence-electron chi connectivity index (χ1n) is 13.5. The Labute approximate surface area is 234 Å². The molecule has 7 aromatic rings. The Morgan fingerprint density at radius 2 is 0.800 bits per heavy atom. The number of anilines is 2. The number of hydrogen-bond acceptors (Lipinski definition) is 2. The minimum absolute atomic E-state index is 0.743. The van der Waals surface area contributed by atoms with Crippen molar-refractivity contribution in [1.82, 2.24) is 0 Å². The summed E-state index contributed by atoms with van der Waals surface area (Å²) in [6.07, 6.45) is 0. The van der Waals surface area contributed by atoms with Crippen molar-refractivity contribution in [2.75, 3.05) is 11.5 Å². The van der Waals surface area contributed by atoms with Crippen molar-refractivity contribution in [2.45, 2.75) is 0 Å². The second-order valence-electron chi connectivity index (χ2n) is 10.2.